The second kappa shape index (κ2) is 7.65. The zero-order valence-corrected chi connectivity index (χ0v) is 17.8. The zero-order valence-electron chi connectivity index (χ0n) is 16.9. The third-order valence-electron chi connectivity index (χ3n) is 6.33. The molecule has 9 heteroatoms. The summed E-state index contributed by atoms with van der Waals surface area (Å²) in [5.41, 5.74) is -0.894. The van der Waals surface area contributed by atoms with Crippen LogP contribution in [0.2, 0.25) is 0 Å². The molecule has 8 nitrogen and oxygen atoms in total. The minimum atomic E-state index is -3.14. The van der Waals surface area contributed by atoms with E-state index in [0.717, 1.165) is 24.2 Å². The predicted molar refractivity (Wildman–Crippen MR) is 104 cm³/mol. The summed E-state index contributed by atoms with van der Waals surface area (Å²) >= 11 is 0. The molecule has 2 saturated heterocycles. The van der Waals surface area contributed by atoms with Gasteiger partial charge in [-0.3, -0.25) is 14.5 Å². The topological polar surface area (TPSA) is 104 Å². The first-order chi connectivity index (χ1) is 13.1. The van der Waals surface area contributed by atoms with Gasteiger partial charge >= 0.3 is 6.03 Å². The summed E-state index contributed by atoms with van der Waals surface area (Å²) in [6, 6.07) is -0.904. The highest BCUT2D eigenvalue weighted by atomic mass is 32.2. The van der Waals surface area contributed by atoms with Gasteiger partial charge < -0.3 is 10.2 Å². The number of urea groups is 1. The van der Waals surface area contributed by atoms with E-state index in [1.807, 2.05) is 20.8 Å². The number of imide groups is 1. The third kappa shape index (κ3) is 3.90. The highest BCUT2D eigenvalue weighted by Gasteiger charge is 2.55. The molecule has 3 aliphatic rings. The van der Waals surface area contributed by atoms with Crippen LogP contribution in [0.1, 0.15) is 52.9 Å². The van der Waals surface area contributed by atoms with Crippen LogP contribution in [0.15, 0.2) is 0 Å². The summed E-state index contributed by atoms with van der Waals surface area (Å²) in [6.45, 7) is 5.95. The van der Waals surface area contributed by atoms with Gasteiger partial charge in [0.05, 0.1) is 11.5 Å². The van der Waals surface area contributed by atoms with Gasteiger partial charge in [-0.05, 0) is 31.1 Å². The van der Waals surface area contributed by atoms with Gasteiger partial charge in [-0.1, -0.05) is 33.6 Å². The molecule has 0 unspecified atom stereocenters. The first-order valence-corrected chi connectivity index (χ1v) is 12.0. The Morgan fingerprint density at radius 2 is 2.00 bits per heavy atom. The van der Waals surface area contributed by atoms with Crippen molar-refractivity contribution in [1.29, 1.82) is 0 Å². The maximum atomic E-state index is 13.1. The quantitative estimate of drug-likeness (QED) is 0.681. The molecule has 1 saturated carbocycles. The van der Waals surface area contributed by atoms with E-state index in [1.54, 1.807) is 4.90 Å². The highest BCUT2D eigenvalue weighted by molar-refractivity contribution is 7.91. The van der Waals surface area contributed by atoms with Crippen LogP contribution in [0.5, 0.6) is 0 Å². The van der Waals surface area contributed by atoms with Crippen LogP contribution in [0, 0.1) is 11.8 Å². The Kier molecular flexibility index (Phi) is 5.76. The summed E-state index contributed by atoms with van der Waals surface area (Å²) in [7, 11) is -3.14. The van der Waals surface area contributed by atoms with Gasteiger partial charge in [-0.25, -0.2) is 13.2 Å². The molecule has 4 amide bonds. The lowest BCUT2D eigenvalue weighted by Gasteiger charge is -2.37. The summed E-state index contributed by atoms with van der Waals surface area (Å²) in [4.78, 5) is 41.2. The van der Waals surface area contributed by atoms with Gasteiger partial charge in [0.15, 0.2) is 9.84 Å². The Morgan fingerprint density at radius 1 is 1.29 bits per heavy atom. The van der Waals surface area contributed by atoms with Crippen molar-refractivity contribution in [1.82, 2.24) is 15.1 Å². The Morgan fingerprint density at radius 3 is 2.57 bits per heavy atom. The van der Waals surface area contributed by atoms with Crippen LogP contribution in [0.3, 0.4) is 0 Å². The van der Waals surface area contributed by atoms with E-state index in [2.05, 4.69) is 5.32 Å². The molecule has 1 N–H and O–H groups in total. The second-order valence-electron chi connectivity index (χ2n) is 8.94. The molecule has 158 valence electrons. The van der Waals surface area contributed by atoms with Crippen molar-refractivity contribution < 1.29 is 22.8 Å². The van der Waals surface area contributed by atoms with Crippen molar-refractivity contribution in [3.63, 3.8) is 0 Å². The van der Waals surface area contributed by atoms with Crippen molar-refractivity contribution in [2.24, 2.45) is 11.8 Å². The van der Waals surface area contributed by atoms with Gasteiger partial charge in [0.2, 0.25) is 5.91 Å². The van der Waals surface area contributed by atoms with Gasteiger partial charge in [-0.2, -0.15) is 0 Å². The van der Waals surface area contributed by atoms with E-state index >= 15 is 0 Å². The van der Waals surface area contributed by atoms with E-state index in [0.29, 0.717) is 19.4 Å². The number of hydrogen-bond acceptors (Lipinski definition) is 5. The first-order valence-electron chi connectivity index (χ1n) is 10.2. The second-order valence-corrected chi connectivity index (χ2v) is 11.2. The molecule has 3 atom stereocenters. The molecule has 0 bridgehead atoms. The number of nitrogens with zero attached hydrogens (tertiary/aromatic N) is 2. The van der Waals surface area contributed by atoms with Gasteiger partial charge in [0, 0.05) is 12.6 Å². The number of nitrogens with one attached hydrogen (secondary N) is 1. The lowest BCUT2D eigenvalue weighted by atomic mass is 9.73. The van der Waals surface area contributed by atoms with Crippen LogP contribution >= 0.6 is 0 Å². The maximum absolute atomic E-state index is 13.1. The molecule has 3 rings (SSSR count). The average Bonchev–Trinajstić information content (AvgIpc) is 3.08. The Bertz CT molecular complexity index is 766. The Balaban J connectivity index is 1.76. The maximum Gasteiger partial charge on any atom is 0.325 e. The van der Waals surface area contributed by atoms with Crippen LogP contribution < -0.4 is 5.32 Å². The van der Waals surface area contributed by atoms with E-state index in [4.69, 9.17) is 0 Å². The third-order valence-corrected chi connectivity index (χ3v) is 8.08. The smallest absolute Gasteiger partial charge is 0.325 e. The molecule has 0 aromatic carbocycles. The van der Waals surface area contributed by atoms with Gasteiger partial charge in [0.25, 0.3) is 5.91 Å². The molecular weight excluding hydrogens is 382 g/mol. The number of amides is 4. The largest absolute Gasteiger partial charge is 0.337 e. The summed E-state index contributed by atoms with van der Waals surface area (Å²) in [6.07, 6.45) is 3.77. The van der Waals surface area contributed by atoms with Crippen LogP contribution in [-0.4, -0.2) is 72.2 Å². The molecular formula is C19H31N3O5S. The Labute approximate surface area is 166 Å². The summed E-state index contributed by atoms with van der Waals surface area (Å²) in [5.74, 6) is -0.471. The van der Waals surface area contributed by atoms with Gasteiger partial charge in [-0.15, -0.1) is 0 Å². The van der Waals surface area contributed by atoms with Crippen LogP contribution in [0.4, 0.5) is 4.79 Å². The number of carbonyl (C=O) groups is 3. The molecule has 0 aromatic rings. The first kappa shape index (κ1) is 21.1. The minimum absolute atomic E-state index is 0.0320. The van der Waals surface area contributed by atoms with Crippen molar-refractivity contribution in [2.45, 2.75) is 64.5 Å². The van der Waals surface area contributed by atoms with Crippen LogP contribution in [0.25, 0.3) is 0 Å². The van der Waals surface area contributed by atoms with Crippen LogP contribution in [-0.2, 0) is 19.4 Å². The zero-order chi connectivity index (χ0) is 20.7. The molecule has 2 aliphatic heterocycles. The lowest BCUT2D eigenvalue weighted by molar-refractivity contribution is -0.141. The highest BCUT2D eigenvalue weighted by Crippen LogP contribution is 2.38. The summed E-state index contributed by atoms with van der Waals surface area (Å²) in [5, 5.41) is 2.86. The molecule has 1 spiro atoms. The van der Waals surface area contributed by atoms with Crippen molar-refractivity contribution in [2.75, 3.05) is 24.6 Å². The van der Waals surface area contributed by atoms with Crippen molar-refractivity contribution in [3.05, 3.63) is 0 Å². The van der Waals surface area contributed by atoms with E-state index in [9.17, 15) is 22.8 Å². The predicted octanol–water partition coefficient (Wildman–Crippen LogP) is 1.16. The van der Waals surface area contributed by atoms with E-state index in [1.165, 1.54) is 0 Å². The molecule has 1 aliphatic carbocycles. The normalized spacial score (nSPS) is 32.2. The molecule has 28 heavy (non-hydrogen) atoms. The lowest BCUT2D eigenvalue weighted by Crippen LogP contribution is -2.54. The fourth-order valence-corrected chi connectivity index (χ4v) is 6.46. The van der Waals surface area contributed by atoms with Gasteiger partial charge in [0.1, 0.15) is 12.1 Å². The Hall–Kier alpha value is -1.64. The van der Waals surface area contributed by atoms with Crippen molar-refractivity contribution in [3.8, 4) is 0 Å². The fraction of sp³-hybridized carbons (Fsp3) is 0.842. The van der Waals surface area contributed by atoms with E-state index in [-0.39, 0.29) is 47.7 Å². The number of sulfone groups is 1. The number of rotatable bonds is 5. The standard InChI is InChI=1S/C19H31N3O5S/c1-13(2)10-21(15-7-9-28(26,27)12-15)16(23)11-22-17(24)19(20-18(22)25)8-5-4-6-14(19)3/h13-15H,4-12H2,1-3H3,(H,20,25)/t14-,15-,19-/m1/s1. The number of hydrogen-bond donors (Lipinski definition) is 1. The molecule has 2 heterocycles. The number of carbonyl (C=O) groups excluding carboxylic acids is 3. The fourth-order valence-electron chi connectivity index (χ4n) is 4.73. The molecule has 3 fully saturated rings. The minimum Gasteiger partial charge on any atom is -0.337 e. The monoisotopic (exact) mass is 413 g/mol. The van der Waals surface area contributed by atoms with Crippen molar-refractivity contribution >= 4 is 27.7 Å². The van der Waals surface area contributed by atoms with E-state index < -0.39 is 21.4 Å². The molecule has 0 radical (unpaired) electrons. The summed E-state index contributed by atoms with van der Waals surface area (Å²) < 4.78 is 23.7. The SMILES string of the molecule is CC(C)CN(C(=O)CN1C(=O)N[C@@]2(CCCC[C@H]2C)C1=O)[C@@H]1CCS(=O)(=O)C1. The molecule has 0 aromatic heterocycles. The average molecular weight is 414 g/mol.